The van der Waals surface area contributed by atoms with Gasteiger partial charge in [0.15, 0.2) is 0 Å². The molecular formula is C17H22N4O2. The van der Waals surface area contributed by atoms with Crippen molar-refractivity contribution in [2.75, 3.05) is 20.1 Å². The lowest BCUT2D eigenvalue weighted by Gasteiger charge is -2.15. The normalized spacial score (nSPS) is 14.2. The SMILES string of the molecule is CN(CCCc1nc(-c2ccccc2)no1)CC(=O)NC1CC1. The number of nitrogens with one attached hydrogen (secondary N) is 1. The van der Waals surface area contributed by atoms with Crippen LogP contribution < -0.4 is 5.32 Å². The number of aryl methyl sites for hydroxylation is 1. The molecule has 0 unspecified atom stereocenters. The van der Waals surface area contributed by atoms with Crippen LogP contribution >= 0.6 is 0 Å². The highest BCUT2D eigenvalue weighted by molar-refractivity contribution is 5.78. The van der Waals surface area contributed by atoms with Gasteiger partial charge in [-0.1, -0.05) is 35.5 Å². The van der Waals surface area contributed by atoms with E-state index in [1.54, 1.807) is 0 Å². The van der Waals surface area contributed by atoms with Crippen molar-refractivity contribution in [3.63, 3.8) is 0 Å². The first-order valence-electron chi connectivity index (χ1n) is 8.06. The van der Waals surface area contributed by atoms with E-state index in [2.05, 4.69) is 15.5 Å². The number of amides is 1. The van der Waals surface area contributed by atoms with Crippen LogP contribution in [0, 0.1) is 0 Å². The second-order valence-corrected chi connectivity index (χ2v) is 6.06. The molecule has 6 heteroatoms. The Morgan fingerprint density at radius 1 is 1.35 bits per heavy atom. The molecule has 0 radical (unpaired) electrons. The summed E-state index contributed by atoms with van der Waals surface area (Å²) in [6.45, 7) is 1.26. The third-order valence-electron chi connectivity index (χ3n) is 3.79. The van der Waals surface area contributed by atoms with Crippen LogP contribution in [0.25, 0.3) is 11.4 Å². The molecule has 2 aromatic rings. The largest absolute Gasteiger partial charge is 0.352 e. The summed E-state index contributed by atoms with van der Waals surface area (Å²) in [6.07, 6.45) is 3.84. The van der Waals surface area contributed by atoms with Crippen LogP contribution in [0.5, 0.6) is 0 Å². The summed E-state index contributed by atoms with van der Waals surface area (Å²) in [4.78, 5) is 18.1. The number of nitrogens with zero attached hydrogens (tertiary/aromatic N) is 3. The predicted octanol–water partition coefficient (Wildman–Crippen LogP) is 1.88. The van der Waals surface area contributed by atoms with Gasteiger partial charge in [0.05, 0.1) is 6.54 Å². The fourth-order valence-electron chi connectivity index (χ4n) is 2.39. The molecule has 0 saturated heterocycles. The molecule has 1 fully saturated rings. The fourth-order valence-corrected chi connectivity index (χ4v) is 2.39. The maximum atomic E-state index is 11.7. The van der Waals surface area contributed by atoms with Gasteiger partial charge in [0.1, 0.15) is 0 Å². The van der Waals surface area contributed by atoms with Gasteiger partial charge < -0.3 is 9.84 Å². The number of hydrogen-bond donors (Lipinski definition) is 1. The Balaban J connectivity index is 1.40. The van der Waals surface area contributed by atoms with Crippen LogP contribution in [-0.4, -0.2) is 47.1 Å². The van der Waals surface area contributed by atoms with Crippen molar-refractivity contribution < 1.29 is 9.32 Å². The molecule has 1 amide bonds. The van der Waals surface area contributed by atoms with Crippen molar-refractivity contribution in [3.05, 3.63) is 36.2 Å². The minimum atomic E-state index is 0.110. The summed E-state index contributed by atoms with van der Waals surface area (Å²) < 4.78 is 5.28. The van der Waals surface area contributed by atoms with E-state index in [1.165, 1.54) is 0 Å². The standard InChI is InChI=1S/C17H22N4O2/c1-21(12-15(22)18-14-9-10-14)11-5-8-16-19-17(20-23-16)13-6-3-2-4-7-13/h2-4,6-7,14H,5,8-12H2,1H3,(H,18,22). The average molecular weight is 314 g/mol. The number of aromatic nitrogens is 2. The van der Waals surface area contributed by atoms with E-state index in [0.29, 0.717) is 30.7 Å². The van der Waals surface area contributed by atoms with Crippen molar-refractivity contribution in [2.45, 2.75) is 31.7 Å². The summed E-state index contributed by atoms with van der Waals surface area (Å²) in [5.74, 6) is 1.37. The zero-order valence-corrected chi connectivity index (χ0v) is 13.4. The van der Waals surface area contributed by atoms with E-state index in [9.17, 15) is 4.79 Å². The van der Waals surface area contributed by atoms with Crippen LogP contribution in [-0.2, 0) is 11.2 Å². The van der Waals surface area contributed by atoms with E-state index < -0.39 is 0 Å². The predicted molar refractivity (Wildman–Crippen MR) is 86.7 cm³/mol. The number of likely N-dealkylation sites (N-methyl/N-ethyl adjacent to an activating group) is 1. The van der Waals surface area contributed by atoms with Crippen LogP contribution in [0.4, 0.5) is 0 Å². The van der Waals surface area contributed by atoms with E-state index in [1.807, 2.05) is 42.3 Å². The Kier molecular flexibility index (Phi) is 5.02. The van der Waals surface area contributed by atoms with Gasteiger partial charge in [-0.05, 0) is 32.9 Å². The molecule has 0 aliphatic heterocycles. The molecule has 122 valence electrons. The summed E-state index contributed by atoms with van der Waals surface area (Å²) >= 11 is 0. The number of rotatable bonds is 8. The lowest BCUT2D eigenvalue weighted by molar-refractivity contribution is -0.122. The zero-order chi connectivity index (χ0) is 16.1. The summed E-state index contributed by atoms with van der Waals surface area (Å²) in [6, 6.07) is 10.2. The molecule has 1 N–H and O–H groups in total. The van der Waals surface area contributed by atoms with Gasteiger partial charge in [0.25, 0.3) is 0 Å². The molecule has 6 nitrogen and oxygen atoms in total. The zero-order valence-electron chi connectivity index (χ0n) is 13.4. The number of hydrogen-bond acceptors (Lipinski definition) is 5. The molecule has 0 spiro atoms. The lowest BCUT2D eigenvalue weighted by Crippen LogP contribution is -2.36. The third kappa shape index (κ3) is 4.89. The minimum Gasteiger partial charge on any atom is -0.352 e. The van der Waals surface area contributed by atoms with Crippen molar-refractivity contribution >= 4 is 5.91 Å². The van der Waals surface area contributed by atoms with Gasteiger partial charge in [-0.15, -0.1) is 0 Å². The Labute approximate surface area is 135 Å². The summed E-state index contributed by atoms with van der Waals surface area (Å²) in [5, 5.41) is 7.00. The summed E-state index contributed by atoms with van der Waals surface area (Å²) in [5.41, 5.74) is 0.955. The average Bonchev–Trinajstić information content (AvgIpc) is 3.22. The molecule has 0 atom stereocenters. The second kappa shape index (κ2) is 7.37. The van der Waals surface area contributed by atoms with Gasteiger partial charge in [-0.25, -0.2) is 0 Å². The van der Waals surface area contributed by atoms with Gasteiger partial charge in [0, 0.05) is 18.0 Å². The molecule has 1 saturated carbocycles. The smallest absolute Gasteiger partial charge is 0.234 e. The Hall–Kier alpha value is -2.21. The molecule has 1 aliphatic rings. The fraction of sp³-hybridized carbons (Fsp3) is 0.471. The number of carbonyl (C=O) groups excluding carboxylic acids is 1. The molecule has 0 bridgehead atoms. The van der Waals surface area contributed by atoms with E-state index in [4.69, 9.17) is 4.52 Å². The van der Waals surface area contributed by atoms with Gasteiger partial charge >= 0.3 is 0 Å². The van der Waals surface area contributed by atoms with E-state index >= 15 is 0 Å². The molecule has 1 heterocycles. The van der Waals surface area contributed by atoms with Crippen molar-refractivity contribution in [2.24, 2.45) is 0 Å². The quantitative estimate of drug-likeness (QED) is 0.805. The van der Waals surface area contributed by atoms with Gasteiger partial charge in [0.2, 0.25) is 17.6 Å². The second-order valence-electron chi connectivity index (χ2n) is 6.06. The highest BCUT2D eigenvalue weighted by atomic mass is 16.5. The first-order chi connectivity index (χ1) is 11.2. The molecule has 3 rings (SSSR count). The maximum Gasteiger partial charge on any atom is 0.234 e. The van der Waals surface area contributed by atoms with Gasteiger partial charge in [-0.2, -0.15) is 4.98 Å². The summed E-state index contributed by atoms with van der Waals surface area (Å²) in [7, 11) is 1.95. The Bertz CT molecular complexity index is 637. The lowest BCUT2D eigenvalue weighted by atomic mass is 10.2. The number of carbonyl (C=O) groups is 1. The molecule has 1 aromatic heterocycles. The number of benzene rings is 1. The molecule has 1 aromatic carbocycles. The van der Waals surface area contributed by atoms with Crippen molar-refractivity contribution in [3.8, 4) is 11.4 Å². The van der Waals surface area contributed by atoms with Crippen LogP contribution in [0.15, 0.2) is 34.9 Å². The minimum absolute atomic E-state index is 0.110. The van der Waals surface area contributed by atoms with Crippen molar-refractivity contribution in [1.29, 1.82) is 0 Å². The van der Waals surface area contributed by atoms with E-state index in [-0.39, 0.29) is 5.91 Å². The first kappa shape index (κ1) is 15.7. The van der Waals surface area contributed by atoms with E-state index in [0.717, 1.165) is 31.4 Å². The molecule has 1 aliphatic carbocycles. The third-order valence-corrected chi connectivity index (χ3v) is 3.79. The Morgan fingerprint density at radius 3 is 2.87 bits per heavy atom. The maximum absolute atomic E-state index is 11.7. The topological polar surface area (TPSA) is 71.3 Å². The van der Waals surface area contributed by atoms with Gasteiger partial charge in [-0.3, -0.25) is 9.69 Å². The van der Waals surface area contributed by atoms with Crippen LogP contribution in [0.1, 0.15) is 25.2 Å². The monoisotopic (exact) mass is 314 g/mol. The highest BCUT2D eigenvalue weighted by Crippen LogP contribution is 2.18. The Morgan fingerprint density at radius 2 is 2.13 bits per heavy atom. The molecular weight excluding hydrogens is 292 g/mol. The first-order valence-corrected chi connectivity index (χ1v) is 8.06. The van der Waals surface area contributed by atoms with Crippen LogP contribution in [0.2, 0.25) is 0 Å². The molecule has 23 heavy (non-hydrogen) atoms. The van der Waals surface area contributed by atoms with Crippen molar-refractivity contribution in [1.82, 2.24) is 20.4 Å². The van der Waals surface area contributed by atoms with Crippen LogP contribution in [0.3, 0.4) is 0 Å². The highest BCUT2D eigenvalue weighted by Gasteiger charge is 2.23.